The smallest absolute Gasteiger partial charge is 0.388 e. The van der Waals surface area contributed by atoms with Crippen molar-refractivity contribution in [2.24, 2.45) is 0 Å². The van der Waals surface area contributed by atoms with E-state index >= 15 is 0 Å². The molecule has 3 heteroatoms. The van der Waals surface area contributed by atoms with Gasteiger partial charge in [0.25, 0.3) is 0 Å². The monoisotopic (exact) mass is 552 g/mol. The van der Waals surface area contributed by atoms with Gasteiger partial charge in [-0.3, -0.25) is 0 Å². The fraction of sp³-hybridized carbons (Fsp3) is 0.667. The summed E-state index contributed by atoms with van der Waals surface area (Å²) in [5.41, 5.74) is 0. The highest BCUT2D eigenvalue weighted by Crippen LogP contribution is 2.19. The van der Waals surface area contributed by atoms with Gasteiger partial charge in [0.2, 0.25) is 0 Å². The molecule has 0 spiro atoms. The SMILES string of the molecule is CCCCCCCCCCCCCCCCCCO[Si](OC(CC)CCC)(c1ccccc1)c1ccccc1. The molecule has 0 aliphatic carbocycles. The normalized spacial score (nSPS) is 12.6. The molecule has 0 aliphatic rings. The van der Waals surface area contributed by atoms with Crippen LogP contribution in [-0.4, -0.2) is 21.3 Å². The van der Waals surface area contributed by atoms with E-state index in [4.69, 9.17) is 8.85 Å². The summed E-state index contributed by atoms with van der Waals surface area (Å²) in [6, 6.07) is 21.5. The maximum Gasteiger partial charge on any atom is 0.407 e. The van der Waals surface area contributed by atoms with Gasteiger partial charge < -0.3 is 8.85 Å². The Kier molecular flexibility index (Phi) is 19.3. The van der Waals surface area contributed by atoms with Gasteiger partial charge in [0, 0.05) is 12.7 Å². The molecule has 0 bridgehead atoms. The summed E-state index contributed by atoms with van der Waals surface area (Å²) in [6.45, 7) is 7.56. The fourth-order valence-corrected chi connectivity index (χ4v) is 9.04. The first-order valence-electron chi connectivity index (χ1n) is 16.7. The van der Waals surface area contributed by atoms with Gasteiger partial charge in [0.05, 0.1) is 0 Å². The van der Waals surface area contributed by atoms with Crippen LogP contribution in [0.1, 0.15) is 143 Å². The van der Waals surface area contributed by atoms with Crippen LogP contribution in [0.4, 0.5) is 0 Å². The highest BCUT2D eigenvalue weighted by Gasteiger charge is 2.44. The molecule has 0 saturated heterocycles. The van der Waals surface area contributed by atoms with Crippen LogP contribution in [-0.2, 0) is 8.85 Å². The summed E-state index contributed by atoms with van der Waals surface area (Å²) in [6.07, 6.45) is 25.6. The lowest BCUT2D eigenvalue weighted by molar-refractivity contribution is 0.119. The van der Waals surface area contributed by atoms with E-state index in [1.807, 2.05) is 0 Å². The van der Waals surface area contributed by atoms with Gasteiger partial charge >= 0.3 is 8.56 Å². The lowest BCUT2D eigenvalue weighted by atomic mass is 10.0. The Labute approximate surface area is 243 Å². The summed E-state index contributed by atoms with van der Waals surface area (Å²) in [7, 11) is -2.78. The van der Waals surface area contributed by atoms with Crippen LogP contribution in [0.2, 0.25) is 0 Å². The second-order valence-electron chi connectivity index (χ2n) is 11.4. The van der Waals surface area contributed by atoms with E-state index in [9.17, 15) is 0 Å². The Hall–Kier alpha value is -1.42. The molecule has 0 fully saturated rings. The highest BCUT2D eigenvalue weighted by atomic mass is 28.4. The minimum atomic E-state index is -2.78. The summed E-state index contributed by atoms with van der Waals surface area (Å²) in [5.74, 6) is 0. The molecule has 1 unspecified atom stereocenters. The van der Waals surface area contributed by atoms with Crippen LogP contribution < -0.4 is 10.4 Å². The zero-order valence-corrected chi connectivity index (χ0v) is 26.8. The van der Waals surface area contributed by atoms with Crippen LogP contribution in [0.3, 0.4) is 0 Å². The Bertz CT molecular complexity index is 755. The first-order chi connectivity index (χ1) is 19.3. The van der Waals surface area contributed by atoms with Gasteiger partial charge in [0.15, 0.2) is 0 Å². The zero-order chi connectivity index (χ0) is 27.9. The van der Waals surface area contributed by atoms with Crippen molar-refractivity contribution in [3.63, 3.8) is 0 Å². The Morgan fingerprint density at radius 1 is 0.513 bits per heavy atom. The van der Waals surface area contributed by atoms with E-state index in [2.05, 4.69) is 81.4 Å². The minimum Gasteiger partial charge on any atom is -0.388 e. The molecule has 1 atom stereocenters. The first kappa shape index (κ1) is 33.8. The number of benzene rings is 2. The van der Waals surface area contributed by atoms with Gasteiger partial charge in [0.1, 0.15) is 0 Å². The van der Waals surface area contributed by atoms with Crippen LogP contribution in [0.15, 0.2) is 60.7 Å². The molecular weight excluding hydrogens is 492 g/mol. The molecular formula is C36H60O2Si. The predicted molar refractivity (Wildman–Crippen MR) is 173 cm³/mol. The van der Waals surface area contributed by atoms with Crippen LogP contribution in [0.5, 0.6) is 0 Å². The zero-order valence-electron chi connectivity index (χ0n) is 25.8. The number of rotatable bonds is 25. The predicted octanol–water partition coefficient (Wildman–Crippen LogP) is 10.1. The maximum atomic E-state index is 7.05. The van der Waals surface area contributed by atoms with Crippen molar-refractivity contribution in [1.82, 2.24) is 0 Å². The summed E-state index contributed by atoms with van der Waals surface area (Å²) < 4.78 is 14.0. The fourth-order valence-electron chi connectivity index (χ4n) is 5.59. The van der Waals surface area contributed by atoms with Gasteiger partial charge in [-0.05, 0) is 29.6 Å². The van der Waals surface area contributed by atoms with E-state index in [1.54, 1.807) is 0 Å². The van der Waals surface area contributed by atoms with Gasteiger partial charge in [-0.1, -0.05) is 184 Å². The van der Waals surface area contributed by atoms with Crippen LogP contribution in [0.25, 0.3) is 0 Å². The largest absolute Gasteiger partial charge is 0.407 e. The number of hydrogen-bond acceptors (Lipinski definition) is 2. The van der Waals surface area contributed by atoms with E-state index in [-0.39, 0.29) is 6.10 Å². The molecule has 0 heterocycles. The molecule has 2 nitrogen and oxygen atoms in total. The molecule has 0 N–H and O–H groups in total. The Morgan fingerprint density at radius 3 is 1.31 bits per heavy atom. The number of unbranched alkanes of at least 4 members (excludes halogenated alkanes) is 15. The van der Waals surface area contributed by atoms with Crippen molar-refractivity contribution in [1.29, 1.82) is 0 Å². The highest BCUT2D eigenvalue weighted by molar-refractivity contribution is 6.92. The topological polar surface area (TPSA) is 18.5 Å². The van der Waals surface area contributed by atoms with E-state index in [0.717, 1.165) is 32.3 Å². The van der Waals surface area contributed by atoms with E-state index < -0.39 is 8.56 Å². The van der Waals surface area contributed by atoms with Crippen molar-refractivity contribution in [3.05, 3.63) is 60.7 Å². The summed E-state index contributed by atoms with van der Waals surface area (Å²) >= 11 is 0. The van der Waals surface area contributed by atoms with Crippen LogP contribution in [0, 0.1) is 0 Å². The molecule has 0 aliphatic heterocycles. The number of hydrogen-bond donors (Lipinski definition) is 0. The molecule has 0 saturated carbocycles. The first-order valence-corrected chi connectivity index (χ1v) is 18.5. The van der Waals surface area contributed by atoms with E-state index in [1.165, 1.54) is 107 Å². The van der Waals surface area contributed by atoms with Gasteiger partial charge in [-0.2, -0.15) is 0 Å². The molecule has 0 radical (unpaired) electrons. The molecule has 39 heavy (non-hydrogen) atoms. The standard InChI is InChI=1S/C36H60O2Si/c1-4-7-8-9-10-11-12-13-14-15-16-17-18-19-20-27-33-37-39(35-29-23-21-24-30-35,36-31-25-22-26-32-36)38-34(6-3)28-5-2/h21-26,29-32,34H,4-20,27-28,33H2,1-3H3. The Morgan fingerprint density at radius 2 is 0.923 bits per heavy atom. The average molecular weight is 553 g/mol. The van der Waals surface area contributed by atoms with Crippen LogP contribution >= 0.6 is 0 Å². The van der Waals surface area contributed by atoms with Crippen molar-refractivity contribution in [2.75, 3.05) is 6.61 Å². The molecule has 0 aromatic heterocycles. The molecule has 2 aromatic carbocycles. The molecule has 2 aromatic rings. The van der Waals surface area contributed by atoms with Crippen molar-refractivity contribution >= 4 is 18.9 Å². The third-order valence-corrected chi connectivity index (χ3v) is 11.5. The second-order valence-corrected chi connectivity index (χ2v) is 14.3. The van der Waals surface area contributed by atoms with Gasteiger partial charge in [-0.15, -0.1) is 0 Å². The Balaban J connectivity index is 1.73. The lowest BCUT2D eigenvalue weighted by Gasteiger charge is -2.35. The average Bonchev–Trinajstić information content (AvgIpc) is 2.98. The summed E-state index contributed by atoms with van der Waals surface area (Å²) in [4.78, 5) is 0. The second kappa shape index (κ2) is 22.3. The van der Waals surface area contributed by atoms with Crippen molar-refractivity contribution < 1.29 is 8.85 Å². The van der Waals surface area contributed by atoms with Crippen molar-refractivity contribution in [2.45, 2.75) is 149 Å². The minimum absolute atomic E-state index is 0.230. The molecule has 0 amide bonds. The third-order valence-electron chi connectivity index (χ3n) is 8.01. The molecule has 2 rings (SSSR count). The van der Waals surface area contributed by atoms with Gasteiger partial charge in [-0.25, -0.2) is 0 Å². The summed E-state index contributed by atoms with van der Waals surface area (Å²) in [5, 5.41) is 2.45. The third kappa shape index (κ3) is 13.7. The quantitative estimate of drug-likeness (QED) is 0.0901. The maximum absolute atomic E-state index is 7.05. The van der Waals surface area contributed by atoms with Crippen molar-refractivity contribution in [3.8, 4) is 0 Å². The molecule has 220 valence electrons. The lowest BCUT2D eigenvalue weighted by Crippen LogP contribution is -2.64. The van der Waals surface area contributed by atoms with E-state index in [0.29, 0.717) is 0 Å².